The highest BCUT2D eigenvalue weighted by Crippen LogP contribution is 2.21. The van der Waals surface area contributed by atoms with Gasteiger partial charge in [-0.25, -0.2) is 9.59 Å². The lowest BCUT2D eigenvalue weighted by atomic mass is 10.2. The van der Waals surface area contributed by atoms with Crippen LogP contribution in [0.2, 0.25) is 0 Å². The zero-order chi connectivity index (χ0) is 31.5. The second-order valence-electron chi connectivity index (χ2n) is 9.23. The third kappa shape index (κ3) is 18.8. The molecule has 0 bridgehead atoms. The van der Waals surface area contributed by atoms with Crippen LogP contribution in [-0.2, 0) is 19.0 Å². The number of rotatable bonds is 22. The van der Waals surface area contributed by atoms with Crippen LogP contribution >= 0.6 is 0 Å². The normalized spacial score (nSPS) is 12.6. The molecule has 0 saturated heterocycles. The summed E-state index contributed by atoms with van der Waals surface area (Å²) in [5.41, 5.74) is -0.219. The minimum absolute atomic E-state index is 0.0233. The zero-order valence-electron chi connectivity index (χ0n) is 25.2. The van der Waals surface area contributed by atoms with Crippen molar-refractivity contribution in [1.82, 2.24) is 5.32 Å². The van der Waals surface area contributed by atoms with E-state index in [-0.39, 0.29) is 24.4 Å². The molecule has 1 rings (SSSR count). The van der Waals surface area contributed by atoms with Crippen molar-refractivity contribution in [2.75, 3.05) is 32.2 Å². The number of aromatic hydroxyl groups is 1. The van der Waals surface area contributed by atoms with Gasteiger partial charge in [0.25, 0.3) is 5.91 Å². The molecule has 2 amide bonds. The second-order valence-corrected chi connectivity index (χ2v) is 9.23. The molecule has 10 heteroatoms. The largest absolute Gasteiger partial charge is 0.507 e. The van der Waals surface area contributed by atoms with E-state index in [4.69, 9.17) is 19.3 Å². The van der Waals surface area contributed by atoms with Gasteiger partial charge in [-0.1, -0.05) is 67.7 Å². The summed E-state index contributed by atoms with van der Waals surface area (Å²) in [6.45, 7) is 2.39. The summed E-state index contributed by atoms with van der Waals surface area (Å²) in [5.74, 6) is -2.25. The van der Waals surface area contributed by atoms with Gasteiger partial charge < -0.3 is 29.7 Å². The van der Waals surface area contributed by atoms with Crippen LogP contribution in [0.3, 0.4) is 0 Å². The summed E-state index contributed by atoms with van der Waals surface area (Å²) in [6, 6.07) is 3.58. The zero-order valence-corrected chi connectivity index (χ0v) is 25.2. The number of methoxy groups -OCH3 is 1. The van der Waals surface area contributed by atoms with Crippen LogP contribution in [0.1, 0.15) is 68.6 Å². The number of ether oxygens (including phenoxy) is 3. The molecule has 1 aromatic carbocycles. The molecule has 236 valence electrons. The third-order valence-electron chi connectivity index (χ3n) is 5.73. The Morgan fingerprint density at radius 3 is 2.05 bits per heavy atom. The summed E-state index contributed by atoms with van der Waals surface area (Å²) >= 11 is 0. The van der Waals surface area contributed by atoms with Crippen molar-refractivity contribution in [3.63, 3.8) is 0 Å². The van der Waals surface area contributed by atoms with E-state index < -0.39 is 30.0 Å². The van der Waals surface area contributed by atoms with Crippen molar-refractivity contribution in [1.29, 1.82) is 0 Å². The minimum Gasteiger partial charge on any atom is -0.507 e. The first kappa shape index (κ1) is 36.9. The molecule has 0 aromatic heterocycles. The van der Waals surface area contributed by atoms with Gasteiger partial charge in [0.2, 0.25) is 6.29 Å². The third-order valence-corrected chi connectivity index (χ3v) is 5.73. The molecule has 1 aromatic rings. The monoisotopic (exact) mass is 598 g/mol. The van der Waals surface area contributed by atoms with Crippen LogP contribution in [0.15, 0.2) is 79.0 Å². The predicted octanol–water partition coefficient (Wildman–Crippen LogP) is 6.67. The first-order valence-electron chi connectivity index (χ1n) is 14.6. The standard InChI is InChI=1S/C33H46N2O8/c1-3-4-5-6-7-8-9-10-11-12-13-14-15-16-17-18-19-20-24-42-32(41-2)30(37)34-23-25-43-33(40)35-27-21-22-29(36)28(26-27)31(38)39/h4-5,7-8,10-11,13-14,16-17,21-22,26,32,36H,3,6,9,12,15,18-20,23-25H2,1-2H3,(H,34,37)(H,35,40)(H,38,39). The molecule has 0 aliphatic rings. The van der Waals surface area contributed by atoms with Crippen LogP contribution in [0, 0.1) is 0 Å². The summed E-state index contributed by atoms with van der Waals surface area (Å²) in [4.78, 5) is 35.2. The van der Waals surface area contributed by atoms with Crippen molar-refractivity contribution in [3.8, 4) is 5.75 Å². The minimum atomic E-state index is -1.34. The number of carboxylic acids is 1. The number of benzene rings is 1. The fraction of sp³-hybridized carbons (Fsp3) is 0.424. The maximum Gasteiger partial charge on any atom is 0.411 e. The lowest BCUT2D eigenvalue weighted by Crippen LogP contribution is -2.39. The number of carbonyl (C=O) groups excluding carboxylic acids is 2. The summed E-state index contributed by atoms with van der Waals surface area (Å²) in [7, 11) is 1.37. The maximum absolute atomic E-state index is 12.2. The number of phenols is 1. The molecule has 0 spiro atoms. The molecule has 1 atom stereocenters. The average molecular weight is 599 g/mol. The first-order chi connectivity index (χ1) is 20.9. The summed E-state index contributed by atoms with van der Waals surface area (Å²) in [5, 5.41) is 23.5. The molecule has 0 aliphatic heterocycles. The van der Waals surface area contributed by atoms with E-state index in [1.807, 2.05) is 0 Å². The highest BCUT2D eigenvalue weighted by atomic mass is 16.7. The molecule has 1 unspecified atom stereocenters. The quantitative estimate of drug-likeness (QED) is 0.0502. The van der Waals surface area contributed by atoms with Gasteiger partial charge in [0.15, 0.2) is 0 Å². The Morgan fingerprint density at radius 2 is 1.47 bits per heavy atom. The van der Waals surface area contributed by atoms with Crippen molar-refractivity contribution >= 4 is 23.7 Å². The van der Waals surface area contributed by atoms with Crippen LogP contribution in [0.4, 0.5) is 10.5 Å². The topological polar surface area (TPSA) is 143 Å². The number of hydrogen-bond acceptors (Lipinski definition) is 7. The van der Waals surface area contributed by atoms with Crippen LogP contribution in [0.5, 0.6) is 5.75 Å². The summed E-state index contributed by atoms with van der Waals surface area (Å²) in [6.07, 6.45) is 27.2. The molecule has 0 aliphatic carbocycles. The van der Waals surface area contributed by atoms with Gasteiger partial charge in [-0.05, 0) is 69.6 Å². The van der Waals surface area contributed by atoms with Crippen molar-refractivity contribution in [2.24, 2.45) is 0 Å². The Labute approximate surface area is 254 Å². The van der Waals surface area contributed by atoms with Crippen molar-refractivity contribution in [2.45, 2.75) is 64.6 Å². The maximum atomic E-state index is 12.2. The molecule has 0 saturated carbocycles. The highest BCUT2D eigenvalue weighted by Gasteiger charge is 2.18. The van der Waals surface area contributed by atoms with Gasteiger partial charge in [0, 0.05) is 12.8 Å². The molecule has 0 heterocycles. The number of carbonyl (C=O) groups is 3. The van der Waals surface area contributed by atoms with Crippen LogP contribution < -0.4 is 10.6 Å². The van der Waals surface area contributed by atoms with Crippen LogP contribution in [0.25, 0.3) is 0 Å². The Hall–Kier alpha value is -4.15. The van der Waals surface area contributed by atoms with Crippen molar-refractivity contribution < 1.29 is 38.8 Å². The lowest BCUT2D eigenvalue weighted by molar-refractivity contribution is -0.165. The Morgan fingerprint density at radius 1 is 0.860 bits per heavy atom. The molecule has 0 fully saturated rings. The van der Waals surface area contributed by atoms with Gasteiger partial charge in [-0.15, -0.1) is 0 Å². The van der Waals surface area contributed by atoms with E-state index in [0.717, 1.165) is 63.5 Å². The van der Waals surface area contributed by atoms with E-state index in [2.05, 4.69) is 78.3 Å². The van der Waals surface area contributed by atoms with Gasteiger partial charge in [-0.2, -0.15) is 0 Å². The van der Waals surface area contributed by atoms with E-state index in [0.29, 0.717) is 6.61 Å². The predicted molar refractivity (Wildman–Crippen MR) is 168 cm³/mol. The number of aromatic carboxylic acids is 1. The van der Waals surface area contributed by atoms with E-state index >= 15 is 0 Å². The molecule has 0 radical (unpaired) electrons. The number of anilines is 1. The number of unbranched alkanes of at least 4 members (excludes halogenated alkanes) is 2. The molecule has 4 N–H and O–H groups in total. The second kappa shape index (κ2) is 24.4. The number of nitrogens with one attached hydrogen (secondary N) is 2. The molecule has 43 heavy (non-hydrogen) atoms. The molecular weight excluding hydrogens is 552 g/mol. The van der Waals surface area contributed by atoms with Crippen molar-refractivity contribution in [3.05, 3.63) is 84.5 Å². The SMILES string of the molecule is CCC=CCC=CCC=CCC=CCC=CCCCCOC(OC)C(=O)NCCOC(=O)Nc1ccc(O)c(C(=O)O)c1. The van der Waals surface area contributed by atoms with E-state index in [9.17, 15) is 19.5 Å². The van der Waals surface area contributed by atoms with E-state index in [1.54, 1.807) is 0 Å². The summed E-state index contributed by atoms with van der Waals surface area (Å²) < 4.78 is 15.6. The molecular formula is C33H46N2O8. The van der Waals surface area contributed by atoms with Gasteiger partial charge in [-0.3, -0.25) is 10.1 Å². The Kier molecular flexibility index (Phi) is 21.0. The number of allylic oxidation sites excluding steroid dienone is 10. The van der Waals surface area contributed by atoms with Gasteiger partial charge in [0.05, 0.1) is 13.2 Å². The number of carboxylic acid groups (broad SMARTS) is 1. The molecule has 10 nitrogen and oxygen atoms in total. The van der Waals surface area contributed by atoms with Gasteiger partial charge >= 0.3 is 12.1 Å². The van der Waals surface area contributed by atoms with E-state index in [1.165, 1.54) is 13.2 Å². The Bertz CT molecular complexity index is 1110. The Balaban J connectivity index is 2.10. The highest BCUT2D eigenvalue weighted by molar-refractivity contribution is 5.94. The average Bonchev–Trinajstić information content (AvgIpc) is 2.99. The fourth-order valence-electron chi connectivity index (χ4n) is 3.51. The number of amides is 2. The first-order valence-corrected chi connectivity index (χ1v) is 14.6. The van der Waals surface area contributed by atoms with Crippen LogP contribution in [-0.4, -0.2) is 61.3 Å². The fourth-order valence-corrected chi connectivity index (χ4v) is 3.51. The smallest absolute Gasteiger partial charge is 0.411 e. The lowest BCUT2D eigenvalue weighted by Gasteiger charge is -2.16. The van der Waals surface area contributed by atoms with Gasteiger partial charge in [0.1, 0.15) is 17.9 Å². The number of hydrogen-bond donors (Lipinski definition) is 4.